The van der Waals surface area contributed by atoms with E-state index in [1.165, 1.54) is 0 Å². The lowest BCUT2D eigenvalue weighted by Crippen LogP contribution is -2.29. The Balaban J connectivity index is 1.58. The average Bonchev–Trinajstić information content (AvgIpc) is 3.32. The first-order valence-corrected chi connectivity index (χ1v) is 10.8. The number of aryl methyl sites for hydroxylation is 1. The Hall–Kier alpha value is -3.25. The number of rotatable bonds is 4. The minimum atomic E-state index is -0.418. The van der Waals surface area contributed by atoms with Gasteiger partial charge < -0.3 is 19.5 Å². The molecule has 0 aliphatic carbocycles. The molecule has 2 aliphatic heterocycles. The van der Waals surface area contributed by atoms with Gasteiger partial charge in [0.15, 0.2) is 17.3 Å². The van der Waals surface area contributed by atoms with E-state index >= 15 is 0 Å². The van der Waals surface area contributed by atoms with Crippen LogP contribution < -0.4 is 9.47 Å². The number of fused-ring (bicyclic) bond motifs is 1. The zero-order valence-electron chi connectivity index (χ0n) is 16.8. The van der Waals surface area contributed by atoms with Crippen LogP contribution >= 0.6 is 15.9 Å². The van der Waals surface area contributed by atoms with Gasteiger partial charge in [0.25, 0.3) is 5.91 Å². The highest BCUT2D eigenvalue weighted by molar-refractivity contribution is 9.10. The first-order chi connectivity index (χ1) is 15.0. The Kier molecular flexibility index (Phi) is 4.94. The molecule has 5 rings (SSSR count). The number of carbonyl (C=O) groups is 1. The molecule has 6 heteroatoms. The number of benzene rings is 3. The van der Waals surface area contributed by atoms with Crippen molar-refractivity contribution in [2.45, 2.75) is 19.5 Å². The minimum absolute atomic E-state index is 0.196. The molecule has 2 heterocycles. The van der Waals surface area contributed by atoms with Crippen molar-refractivity contribution in [2.75, 3.05) is 6.79 Å². The van der Waals surface area contributed by atoms with E-state index < -0.39 is 11.9 Å². The maximum atomic E-state index is 13.2. The molecule has 0 spiro atoms. The molecule has 3 aromatic carbocycles. The summed E-state index contributed by atoms with van der Waals surface area (Å²) in [6.45, 7) is 2.53. The van der Waals surface area contributed by atoms with Gasteiger partial charge in [0.1, 0.15) is 0 Å². The zero-order valence-corrected chi connectivity index (χ0v) is 18.4. The summed E-state index contributed by atoms with van der Waals surface area (Å²) in [4.78, 5) is 14.9. The Bertz CT molecular complexity index is 1200. The lowest BCUT2D eigenvalue weighted by Gasteiger charge is -2.28. The van der Waals surface area contributed by atoms with Gasteiger partial charge in [-0.1, -0.05) is 64.0 Å². The van der Waals surface area contributed by atoms with Crippen LogP contribution in [0, 0.1) is 6.92 Å². The molecule has 0 bridgehead atoms. The standard InChI is InChI=1S/C25H20BrNO4/c1-15-5-8-17(9-6-15)22-23(18-3-2-4-19(26)12-18)27(25(29)24(22)28)13-16-7-10-20-21(11-16)31-14-30-20/h2-12,23,28H,13-14H2,1H3/t23-/m1/s1. The van der Waals surface area contributed by atoms with Gasteiger partial charge in [0, 0.05) is 16.6 Å². The molecule has 2 aliphatic rings. The third-order valence-corrected chi connectivity index (χ3v) is 6.11. The van der Waals surface area contributed by atoms with Crippen molar-refractivity contribution in [3.63, 3.8) is 0 Å². The van der Waals surface area contributed by atoms with Gasteiger partial charge in [-0.3, -0.25) is 4.79 Å². The van der Waals surface area contributed by atoms with Crippen LogP contribution in [0.25, 0.3) is 5.57 Å². The number of hydrogen-bond acceptors (Lipinski definition) is 4. The average molecular weight is 478 g/mol. The Morgan fingerprint density at radius 2 is 1.81 bits per heavy atom. The predicted octanol–water partition coefficient (Wildman–Crippen LogP) is 5.54. The van der Waals surface area contributed by atoms with Crippen molar-refractivity contribution >= 4 is 27.4 Å². The Morgan fingerprint density at radius 3 is 2.58 bits per heavy atom. The molecule has 0 unspecified atom stereocenters. The zero-order chi connectivity index (χ0) is 21.5. The minimum Gasteiger partial charge on any atom is -0.503 e. The van der Waals surface area contributed by atoms with Crippen LogP contribution in [-0.2, 0) is 11.3 Å². The normalized spacial score (nSPS) is 17.5. The van der Waals surface area contributed by atoms with Gasteiger partial charge in [-0.25, -0.2) is 0 Å². The third-order valence-electron chi connectivity index (χ3n) is 5.62. The molecule has 0 aromatic heterocycles. The second kappa shape index (κ2) is 7.78. The van der Waals surface area contributed by atoms with Crippen LogP contribution in [0.4, 0.5) is 0 Å². The summed E-state index contributed by atoms with van der Waals surface area (Å²) in [5, 5.41) is 10.9. The SMILES string of the molecule is Cc1ccc(C2=C(O)C(=O)N(Cc3ccc4c(c3)OCO4)[C@@H]2c2cccc(Br)c2)cc1. The van der Waals surface area contributed by atoms with Crippen molar-refractivity contribution in [1.29, 1.82) is 0 Å². The fourth-order valence-electron chi connectivity index (χ4n) is 4.10. The molecular formula is C25H20BrNO4. The largest absolute Gasteiger partial charge is 0.503 e. The molecule has 0 saturated heterocycles. The maximum Gasteiger partial charge on any atom is 0.290 e. The lowest BCUT2D eigenvalue weighted by atomic mass is 9.93. The summed E-state index contributed by atoms with van der Waals surface area (Å²) in [5.41, 5.74) is 4.38. The molecule has 156 valence electrons. The van der Waals surface area contributed by atoms with Crippen molar-refractivity contribution in [3.8, 4) is 11.5 Å². The van der Waals surface area contributed by atoms with Crippen LogP contribution in [0.5, 0.6) is 11.5 Å². The van der Waals surface area contributed by atoms with E-state index in [1.54, 1.807) is 4.90 Å². The topological polar surface area (TPSA) is 59.0 Å². The molecule has 3 aromatic rings. The fourth-order valence-corrected chi connectivity index (χ4v) is 4.52. The lowest BCUT2D eigenvalue weighted by molar-refractivity contribution is -0.130. The number of aliphatic hydroxyl groups is 1. The quantitative estimate of drug-likeness (QED) is 0.535. The summed E-state index contributed by atoms with van der Waals surface area (Å²) in [5.74, 6) is 0.758. The van der Waals surface area contributed by atoms with E-state index in [9.17, 15) is 9.90 Å². The molecule has 1 atom stereocenters. The molecule has 31 heavy (non-hydrogen) atoms. The van der Waals surface area contributed by atoms with Crippen molar-refractivity contribution in [3.05, 3.63) is 99.2 Å². The second-order valence-electron chi connectivity index (χ2n) is 7.71. The van der Waals surface area contributed by atoms with Gasteiger partial charge >= 0.3 is 0 Å². The number of amides is 1. The van der Waals surface area contributed by atoms with Gasteiger partial charge in [0.2, 0.25) is 6.79 Å². The van der Waals surface area contributed by atoms with Crippen molar-refractivity contribution < 1.29 is 19.4 Å². The molecule has 1 amide bonds. The number of halogens is 1. The Morgan fingerprint density at radius 1 is 1.03 bits per heavy atom. The number of nitrogens with zero attached hydrogens (tertiary/aromatic N) is 1. The van der Waals surface area contributed by atoms with E-state index in [4.69, 9.17) is 9.47 Å². The molecule has 1 N–H and O–H groups in total. The summed E-state index contributed by atoms with van der Waals surface area (Å²) in [6.07, 6.45) is 0. The van der Waals surface area contributed by atoms with Crippen LogP contribution in [0.15, 0.2) is 77.0 Å². The molecule has 0 radical (unpaired) electrons. The Labute approximate surface area is 188 Å². The third kappa shape index (κ3) is 3.57. The number of ether oxygens (including phenoxy) is 2. The van der Waals surface area contributed by atoms with E-state index in [-0.39, 0.29) is 12.6 Å². The summed E-state index contributed by atoms with van der Waals surface area (Å²) in [6, 6.07) is 20.9. The monoisotopic (exact) mass is 477 g/mol. The van der Waals surface area contributed by atoms with Crippen LogP contribution in [0.3, 0.4) is 0 Å². The molecule has 0 fully saturated rings. The van der Waals surface area contributed by atoms with Crippen molar-refractivity contribution in [2.24, 2.45) is 0 Å². The van der Waals surface area contributed by atoms with Gasteiger partial charge in [-0.2, -0.15) is 0 Å². The highest BCUT2D eigenvalue weighted by Crippen LogP contribution is 2.44. The molecule has 0 saturated carbocycles. The number of hydrogen-bond donors (Lipinski definition) is 1. The maximum absolute atomic E-state index is 13.2. The smallest absolute Gasteiger partial charge is 0.290 e. The van der Waals surface area contributed by atoms with Crippen LogP contribution in [-0.4, -0.2) is 22.7 Å². The molecular weight excluding hydrogens is 458 g/mol. The van der Waals surface area contributed by atoms with E-state index in [0.29, 0.717) is 23.6 Å². The highest BCUT2D eigenvalue weighted by atomic mass is 79.9. The van der Waals surface area contributed by atoms with Crippen LogP contribution in [0.2, 0.25) is 0 Å². The first-order valence-electron chi connectivity index (χ1n) is 9.96. The number of aliphatic hydroxyl groups excluding tert-OH is 1. The van der Waals surface area contributed by atoms with E-state index in [2.05, 4.69) is 15.9 Å². The van der Waals surface area contributed by atoms with Crippen LogP contribution in [0.1, 0.15) is 28.3 Å². The highest BCUT2D eigenvalue weighted by Gasteiger charge is 2.41. The fraction of sp³-hybridized carbons (Fsp3) is 0.160. The van der Waals surface area contributed by atoms with Crippen molar-refractivity contribution in [1.82, 2.24) is 4.90 Å². The number of carbonyl (C=O) groups excluding carboxylic acids is 1. The van der Waals surface area contributed by atoms with Gasteiger partial charge in [0.05, 0.1) is 6.04 Å². The van der Waals surface area contributed by atoms with E-state index in [1.807, 2.05) is 73.7 Å². The molecule has 5 nitrogen and oxygen atoms in total. The predicted molar refractivity (Wildman–Crippen MR) is 121 cm³/mol. The van der Waals surface area contributed by atoms with Gasteiger partial charge in [-0.15, -0.1) is 0 Å². The second-order valence-corrected chi connectivity index (χ2v) is 8.62. The summed E-state index contributed by atoms with van der Waals surface area (Å²) in [7, 11) is 0. The van der Waals surface area contributed by atoms with Gasteiger partial charge in [-0.05, 0) is 47.9 Å². The first kappa shape index (κ1) is 19.7. The summed E-state index contributed by atoms with van der Waals surface area (Å²) >= 11 is 3.53. The summed E-state index contributed by atoms with van der Waals surface area (Å²) < 4.78 is 11.8. The van der Waals surface area contributed by atoms with E-state index in [0.717, 1.165) is 26.7 Å².